The van der Waals surface area contributed by atoms with Crippen LogP contribution < -0.4 is 10.9 Å². The summed E-state index contributed by atoms with van der Waals surface area (Å²) in [6.07, 6.45) is 2.34. The van der Waals surface area contributed by atoms with Crippen molar-refractivity contribution in [2.24, 2.45) is 0 Å². The van der Waals surface area contributed by atoms with Gasteiger partial charge in [-0.2, -0.15) is 0 Å². The molecule has 0 aliphatic heterocycles. The Labute approximate surface area is 171 Å². The minimum absolute atomic E-state index is 0.215. The molecule has 0 radical (unpaired) electrons. The summed E-state index contributed by atoms with van der Waals surface area (Å²) in [5.41, 5.74) is 1.72. The van der Waals surface area contributed by atoms with Crippen molar-refractivity contribution in [1.29, 1.82) is 0 Å². The first-order chi connectivity index (χ1) is 14.1. The number of benzene rings is 1. The van der Waals surface area contributed by atoms with Gasteiger partial charge in [0.2, 0.25) is 0 Å². The van der Waals surface area contributed by atoms with Crippen LogP contribution in [-0.2, 0) is 11.3 Å². The number of anilines is 1. The summed E-state index contributed by atoms with van der Waals surface area (Å²) in [5.74, 6) is -0.337. The lowest BCUT2D eigenvalue weighted by Crippen LogP contribution is -2.18. The average molecular weight is 411 g/mol. The summed E-state index contributed by atoms with van der Waals surface area (Å²) in [6.45, 7) is 1.02. The van der Waals surface area contributed by atoms with Crippen molar-refractivity contribution in [3.8, 4) is 0 Å². The number of fused-ring (bicyclic) bond motifs is 2. The Hall–Kier alpha value is -3.16. The highest BCUT2D eigenvalue weighted by atomic mass is 35.5. The van der Waals surface area contributed by atoms with Crippen molar-refractivity contribution in [2.45, 2.75) is 13.0 Å². The second-order valence-electron chi connectivity index (χ2n) is 6.58. The number of methoxy groups -OCH3 is 1. The first kappa shape index (κ1) is 19.2. The first-order valence-electron chi connectivity index (χ1n) is 9.15. The Balaban J connectivity index is 1.83. The molecule has 0 atom stereocenters. The van der Waals surface area contributed by atoms with E-state index in [1.165, 1.54) is 4.40 Å². The number of ether oxygens (including phenoxy) is 1. The van der Waals surface area contributed by atoms with E-state index in [1.807, 2.05) is 6.07 Å². The molecule has 1 N–H and O–H groups in total. The van der Waals surface area contributed by atoms with Crippen LogP contribution in [0.3, 0.4) is 0 Å². The van der Waals surface area contributed by atoms with Crippen molar-refractivity contribution >= 4 is 39.9 Å². The van der Waals surface area contributed by atoms with Gasteiger partial charge in [0, 0.05) is 37.2 Å². The molecule has 3 aromatic heterocycles. The third-order valence-corrected chi connectivity index (χ3v) is 4.86. The van der Waals surface area contributed by atoms with Crippen LogP contribution in [0.25, 0.3) is 16.7 Å². The maximum absolute atomic E-state index is 13.0. The van der Waals surface area contributed by atoms with Gasteiger partial charge in [0.05, 0.1) is 5.39 Å². The van der Waals surface area contributed by atoms with Crippen LogP contribution in [0.2, 0.25) is 5.02 Å². The number of pyridine rings is 1. The van der Waals surface area contributed by atoms with E-state index < -0.39 is 0 Å². The number of nitrogens with zero attached hydrogens (tertiary/aromatic N) is 3. The molecular formula is C21H19ClN4O3. The smallest absolute Gasteiger partial charge is 0.272 e. The Morgan fingerprint density at radius 3 is 2.86 bits per heavy atom. The van der Waals surface area contributed by atoms with Gasteiger partial charge in [0.15, 0.2) is 0 Å². The molecule has 8 heteroatoms. The molecule has 0 bridgehead atoms. The number of nitrogens with one attached hydrogen (secondary N) is 1. The van der Waals surface area contributed by atoms with E-state index in [-0.39, 0.29) is 11.5 Å². The van der Waals surface area contributed by atoms with Gasteiger partial charge < -0.3 is 14.6 Å². The molecule has 4 rings (SSSR count). The van der Waals surface area contributed by atoms with E-state index in [4.69, 9.17) is 16.3 Å². The molecule has 7 nitrogen and oxygen atoms in total. The molecule has 0 fully saturated rings. The zero-order valence-electron chi connectivity index (χ0n) is 15.8. The first-order valence-corrected chi connectivity index (χ1v) is 9.53. The molecule has 148 valence electrons. The molecule has 4 aromatic rings. The molecule has 0 saturated carbocycles. The zero-order valence-corrected chi connectivity index (χ0v) is 16.5. The summed E-state index contributed by atoms with van der Waals surface area (Å²) < 4.78 is 8.38. The highest BCUT2D eigenvalue weighted by Gasteiger charge is 2.20. The second kappa shape index (κ2) is 8.06. The summed E-state index contributed by atoms with van der Waals surface area (Å²) >= 11 is 6.01. The predicted octanol–water partition coefficient (Wildman–Crippen LogP) is 3.59. The maximum Gasteiger partial charge on any atom is 0.272 e. The number of carbonyl (C=O) groups excluding carboxylic acids is 1. The lowest BCUT2D eigenvalue weighted by Gasteiger charge is -2.11. The molecule has 0 aliphatic rings. The number of rotatable bonds is 6. The van der Waals surface area contributed by atoms with Gasteiger partial charge in [0.25, 0.3) is 11.5 Å². The minimum atomic E-state index is -0.337. The van der Waals surface area contributed by atoms with Gasteiger partial charge in [-0.25, -0.2) is 4.98 Å². The molecule has 0 aliphatic carbocycles. The van der Waals surface area contributed by atoms with E-state index in [0.29, 0.717) is 52.7 Å². The quantitative estimate of drug-likeness (QED) is 0.493. The number of hydrogen-bond donors (Lipinski definition) is 1. The monoisotopic (exact) mass is 410 g/mol. The largest absolute Gasteiger partial charge is 0.385 e. The number of halogens is 1. The van der Waals surface area contributed by atoms with Crippen LogP contribution >= 0.6 is 11.6 Å². The standard InChI is InChI=1S/C21H19ClN4O3/c1-29-11-5-10-25-17(20(27)23-15-7-4-6-14(22)12-15)13-16-19(25)24-18-8-2-3-9-26(18)21(16)28/h2-4,6-9,12-13H,5,10-11H2,1H3,(H,23,27). The van der Waals surface area contributed by atoms with Gasteiger partial charge in [-0.15, -0.1) is 0 Å². The van der Waals surface area contributed by atoms with Gasteiger partial charge in [-0.05, 0) is 42.8 Å². The van der Waals surface area contributed by atoms with Gasteiger partial charge in [-0.3, -0.25) is 14.0 Å². The fourth-order valence-electron chi connectivity index (χ4n) is 3.29. The lowest BCUT2D eigenvalue weighted by molar-refractivity contribution is 0.101. The lowest BCUT2D eigenvalue weighted by atomic mass is 10.3. The Bertz CT molecular complexity index is 1260. The average Bonchev–Trinajstić information content (AvgIpc) is 3.07. The highest BCUT2D eigenvalue weighted by molar-refractivity contribution is 6.31. The summed E-state index contributed by atoms with van der Waals surface area (Å²) in [6, 6.07) is 13.8. The minimum Gasteiger partial charge on any atom is -0.385 e. The van der Waals surface area contributed by atoms with E-state index in [9.17, 15) is 9.59 Å². The molecule has 1 aromatic carbocycles. The van der Waals surface area contributed by atoms with Crippen LogP contribution in [0.4, 0.5) is 5.69 Å². The van der Waals surface area contributed by atoms with Crippen molar-refractivity contribution in [2.75, 3.05) is 19.0 Å². The van der Waals surface area contributed by atoms with Crippen molar-refractivity contribution in [3.05, 3.63) is 75.8 Å². The summed E-state index contributed by atoms with van der Waals surface area (Å²) in [5, 5.41) is 3.75. The molecule has 0 saturated heterocycles. The van der Waals surface area contributed by atoms with E-state index >= 15 is 0 Å². The maximum atomic E-state index is 13.0. The van der Waals surface area contributed by atoms with Crippen molar-refractivity contribution < 1.29 is 9.53 Å². The van der Waals surface area contributed by atoms with Crippen molar-refractivity contribution in [1.82, 2.24) is 14.0 Å². The second-order valence-corrected chi connectivity index (χ2v) is 7.01. The van der Waals surface area contributed by atoms with Crippen LogP contribution in [0.5, 0.6) is 0 Å². The van der Waals surface area contributed by atoms with E-state index in [1.54, 1.807) is 60.3 Å². The van der Waals surface area contributed by atoms with Crippen LogP contribution in [0.15, 0.2) is 59.5 Å². The third kappa shape index (κ3) is 3.74. The number of carbonyl (C=O) groups is 1. The zero-order chi connectivity index (χ0) is 20.4. The number of aryl methyl sites for hydroxylation is 1. The Morgan fingerprint density at radius 1 is 1.21 bits per heavy atom. The highest BCUT2D eigenvalue weighted by Crippen LogP contribution is 2.20. The number of amides is 1. The SMILES string of the molecule is COCCCn1c(C(=O)Nc2cccc(Cl)c2)cc2c(=O)n3ccccc3nc21. The van der Waals surface area contributed by atoms with Crippen LogP contribution in [0.1, 0.15) is 16.9 Å². The Kier molecular flexibility index (Phi) is 5.33. The van der Waals surface area contributed by atoms with Crippen molar-refractivity contribution in [3.63, 3.8) is 0 Å². The summed E-state index contributed by atoms with van der Waals surface area (Å²) in [7, 11) is 1.62. The van der Waals surface area contributed by atoms with E-state index in [0.717, 1.165) is 0 Å². The van der Waals surface area contributed by atoms with E-state index in [2.05, 4.69) is 10.3 Å². The topological polar surface area (TPSA) is 77.6 Å². The van der Waals surface area contributed by atoms with Gasteiger partial charge >= 0.3 is 0 Å². The fourth-order valence-corrected chi connectivity index (χ4v) is 3.48. The normalized spacial score (nSPS) is 11.2. The van der Waals surface area contributed by atoms with Gasteiger partial charge in [0.1, 0.15) is 17.0 Å². The third-order valence-electron chi connectivity index (χ3n) is 4.62. The molecule has 29 heavy (non-hydrogen) atoms. The predicted molar refractivity (Wildman–Crippen MR) is 113 cm³/mol. The molecule has 1 amide bonds. The van der Waals surface area contributed by atoms with Gasteiger partial charge in [-0.1, -0.05) is 23.7 Å². The number of hydrogen-bond acceptors (Lipinski definition) is 4. The molecule has 0 unspecified atom stereocenters. The summed E-state index contributed by atoms with van der Waals surface area (Å²) in [4.78, 5) is 30.6. The Morgan fingerprint density at radius 2 is 2.07 bits per heavy atom. The fraction of sp³-hybridized carbons (Fsp3) is 0.190. The van der Waals surface area contributed by atoms with Crippen LogP contribution in [0, 0.1) is 0 Å². The number of aromatic nitrogens is 3. The molecular weight excluding hydrogens is 392 g/mol. The van der Waals surface area contributed by atoms with Crippen LogP contribution in [-0.4, -0.2) is 33.6 Å². The molecule has 3 heterocycles. The molecule has 0 spiro atoms.